The van der Waals surface area contributed by atoms with Crippen LogP contribution in [0.3, 0.4) is 0 Å². The molecule has 1 aromatic heterocycles. The summed E-state index contributed by atoms with van der Waals surface area (Å²) in [6.45, 7) is 0. The van der Waals surface area contributed by atoms with Gasteiger partial charge in [-0.05, 0) is 93.0 Å². The number of hydrogen-bond acceptors (Lipinski definition) is 0. The minimum atomic E-state index is 1.26. The van der Waals surface area contributed by atoms with Crippen molar-refractivity contribution in [3.05, 3.63) is 121 Å². The lowest BCUT2D eigenvalue weighted by molar-refractivity contribution is 1.01. The van der Waals surface area contributed by atoms with E-state index in [9.17, 15) is 0 Å². The molecule has 0 radical (unpaired) electrons. The largest absolute Gasteiger partial charge is 0.344 e. The monoisotopic (exact) mass is 433 g/mol. The predicted octanol–water partition coefficient (Wildman–Crippen LogP) is 8.88. The fourth-order valence-electron chi connectivity index (χ4n) is 5.34. The van der Waals surface area contributed by atoms with E-state index in [4.69, 9.17) is 0 Å². The standard InChI is InChI=1S/C33H23N/c1-34-32-14-12-26(28-16-22-8-4-2-5-9-23(22)17-28)20-30(32)31-21-27(13-15-33(31)34)29-18-24-10-6-3-7-11-25(24)19-29/h2-21H,1H3. The van der Waals surface area contributed by atoms with Crippen molar-refractivity contribution in [3.63, 3.8) is 0 Å². The molecule has 0 bridgehead atoms. The second kappa shape index (κ2) is 7.33. The third-order valence-electron chi connectivity index (χ3n) is 7.13. The molecule has 34 heavy (non-hydrogen) atoms. The number of fused-ring (bicyclic) bond motifs is 5. The van der Waals surface area contributed by atoms with E-state index in [0.29, 0.717) is 0 Å². The van der Waals surface area contributed by atoms with Gasteiger partial charge in [0.05, 0.1) is 0 Å². The molecule has 0 saturated carbocycles. The van der Waals surface area contributed by atoms with Crippen LogP contribution in [0, 0.1) is 0 Å². The predicted molar refractivity (Wildman–Crippen MR) is 145 cm³/mol. The third-order valence-corrected chi connectivity index (χ3v) is 7.13. The Morgan fingerprint density at radius 2 is 0.706 bits per heavy atom. The summed E-state index contributed by atoms with van der Waals surface area (Å²) < 4.78 is 2.31. The number of benzene rings is 2. The van der Waals surface area contributed by atoms with Gasteiger partial charge in [-0.25, -0.2) is 0 Å². The van der Waals surface area contributed by atoms with E-state index in [1.54, 1.807) is 0 Å². The molecule has 2 aromatic carbocycles. The maximum atomic E-state index is 2.36. The molecular formula is C33H23N. The average molecular weight is 434 g/mol. The van der Waals surface area contributed by atoms with Crippen LogP contribution < -0.4 is 0 Å². The first-order chi connectivity index (χ1) is 16.7. The lowest BCUT2D eigenvalue weighted by Gasteiger charge is -2.01. The quantitative estimate of drug-likeness (QED) is 0.256. The minimum absolute atomic E-state index is 1.26. The van der Waals surface area contributed by atoms with E-state index in [1.165, 1.54) is 66.3 Å². The molecule has 4 aliphatic rings. The van der Waals surface area contributed by atoms with Crippen molar-refractivity contribution in [1.29, 1.82) is 0 Å². The molecule has 0 N–H and O–H groups in total. The van der Waals surface area contributed by atoms with Gasteiger partial charge in [0.1, 0.15) is 0 Å². The molecule has 1 heterocycles. The van der Waals surface area contributed by atoms with Crippen LogP contribution in [0.25, 0.3) is 66.3 Å². The average Bonchev–Trinajstić information content (AvgIpc) is 3.42. The molecule has 7 rings (SSSR count). The van der Waals surface area contributed by atoms with Gasteiger partial charge in [-0.15, -0.1) is 0 Å². The SMILES string of the molecule is Cn1c2ccc(-c3cc4cccccc-4c3)cc2c2cc(-c3cc4cccccc-4c3)ccc21. The van der Waals surface area contributed by atoms with Crippen LogP contribution >= 0.6 is 0 Å². The van der Waals surface area contributed by atoms with Crippen molar-refractivity contribution < 1.29 is 0 Å². The van der Waals surface area contributed by atoms with E-state index in [0.717, 1.165) is 0 Å². The van der Waals surface area contributed by atoms with Crippen LogP contribution in [0.4, 0.5) is 0 Å². The molecule has 0 spiro atoms. The molecule has 3 aromatic rings. The van der Waals surface area contributed by atoms with Gasteiger partial charge in [-0.1, -0.05) is 72.8 Å². The van der Waals surface area contributed by atoms with Gasteiger partial charge >= 0.3 is 0 Å². The number of aromatic nitrogens is 1. The van der Waals surface area contributed by atoms with Crippen molar-refractivity contribution >= 4 is 21.8 Å². The van der Waals surface area contributed by atoms with Crippen molar-refractivity contribution in [1.82, 2.24) is 4.57 Å². The van der Waals surface area contributed by atoms with Crippen LogP contribution in [-0.2, 0) is 7.05 Å². The van der Waals surface area contributed by atoms with Gasteiger partial charge in [0.15, 0.2) is 0 Å². The summed E-state index contributed by atoms with van der Waals surface area (Å²) in [5, 5.41) is 2.60. The summed E-state index contributed by atoms with van der Waals surface area (Å²) in [5.41, 5.74) is 12.7. The Bertz CT molecular complexity index is 1580. The Morgan fingerprint density at radius 3 is 1.09 bits per heavy atom. The number of aryl methyl sites for hydroxylation is 1. The highest BCUT2D eigenvalue weighted by Crippen LogP contribution is 2.38. The molecule has 0 atom stereocenters. The molecular weight excluding hydrogens is 410 g/mol. The van der Waals surface area contributed by atoms with Crippen molar-refractivity contribution in [3.8, 4) is 44.5 Å². The van der Waals surface area contributed by atoms with E-state index in [1.807, 2.05) is 0 Å². The van der Waals surface area contributed by atoms with Crippen molar-refractivity contribution in [2.24, 2.45) is 7.05 Å². The molecule has 1 heteroatoms. The Kier molecular flexibility index (Phi) is 4.13. The van der Waals surface area contributed by atoms with Crippen LogP contribution in [0.15, 0.2) is 121 Å². The number of rotatable bonds is 2. The first-order valence-corrected chi connectivity index (χ1v) is 11.8. The lowest BCUT2D eigenvalue weighted by atomic mass is 10.0. The summed E-state index contributed by atoms with van der Waals surface area (Å²) >= 11 is 0. The summed E-state index contributed by atoms with van der Waals surface area (Å²) in [6, 6.07) is 44.2. The van der Waals surface area contributed by atoms with E-state index >= 15 is 0 Å². The molecule has 0 fully saturated rings. The minimum Gasteiger partial charge on any atom is -0.344 e. The highest BCUT2D eigenvalue weighted by molar-refractivity contribution is 6.10. The zero-order chi connectivity index (χ0) is 22.6. The number of nitrogens with zero attached hydrogens (tertiary/aromatic N) is 1. The van der Waals surface area contributed by atoms with E-state index in [2.05, 4.69) is 133 Å². The molecule has 4 aliphatic carbocycles. The van der Waals surface area contributed by atoms with Gasteiger partial charge < -0.3 is 4.57 Å². The fourth-order valence-corrected chi connectivity index (χ4v) is 5.34. The smallest absolute Gasteiger partial charge is 0.0489 e. The van der Waals surface area contributed by atoms with Crippen molar-refractivity contribution in [2.45, 2.75) is 0 Å². The van der Waals surface area contributed by atoms with Crippen LogP contribution in [-0.4, -0.2) is 4.57 Å². The third kappa shape index (κ3) is 2.94. The molecule has 0 amide bonds. The highest BCUT2D eigenvalue weighted by atomic mass is 14.9. The second-order valence-corrected chi connectivity index (χ2v) is 9.15. The topological polar surface area (TPSA) is 4.93 Å². The first kappa shape index (κ1) is 19.1. The maximum absolute atomic E-state index is 2.36. The molecule has 0 unspecified atom stereocenters. The molecule has 0 saturated heterocycles. The van der Waals surface area contributed by atoms with E-state index in [-0.39, 0.29) is 0 Å². The Labute approximate surface area is 199 Å². The Balaban J connectivity index is 1.42. The lowest BCUT2D eigenvalue weighted by Crippen LogP contribution is -1.86. The maximum Gasteiger partial charge on any atom is 0.0489 e. The van der Waals surface area contributed by atoms with Crippen LogP contribution in [0.5, 0.6) is 0 Å². The fraction of sp³-hybridized carbons (Fsp3) is 0.0303. The highest BCUT2D eigenvalue weighted by Gasteiger charge is 2.14. The van der Waals surface area contributed by atoms with Crippen LogP contribution in [0.2, 0.25) is 0 Å². The summed E-state index contributed by atoms with van der Waals surface area (Å²) in [6.07, 6.45) is 0. The Morgan fingerprint density at radius 1 is 0.353 bits per heavy atom. The first-order valence-electron chi connectivity index (χ1n) is 11.8. The summed E-state index contributed by atoms with van der Waals surface area (Å²) in [7, 11) is 2.16. The van der Waals surface area contributed by atoms with E-state index < -0.39 is 0 Å². The molecule has 0 aliphatic heterocycles. The second-order valence-electron chi connectivity index (χ2n) is 9.15. The van der Waals surface area contributed by atoms with Gasteiger partial charge in [0, 0.05) is 28.9 Å². The van der Waals surface area contributed by atoms with Gasteiger partial charge in [0.25, 0.3) is 0 Å². The molecule has 1 nitrogen and oxygen atoms in total. The normalized spacial score (nSPS) is 11.7. The molecule has 160 valence electrons. The van der Waals surface area contributed by atoms with Gasteiger partial charge in [0.2, 0.25) is 0 Å². The summed E-state index contributed by atoms with van der Waals surface area (Å²) in [5.74, 6) is 0. The number of hydrogen-bond donors (Lipinski definition) is 0. The van der Waals surface area contributed by atoms with Gasteiger partial charge in [-0.3, -0.25) is 0 Å². The van der Waals surface area contributed by atoms with Crippen LogP contribution in [0.1, 0.15) is 0 Å². The summed E-state index contributed by atoms with van der Waals surface area (Å²) in [4.78, 5) is 0. The zero-order valence-electron chi connectivity index (χ0n) is 19.0. The zero-order valence-corrected chi connectivity index (χ0v) is 19.0. The Hall–Kier alpha value is -4.36. The van der Waals surface area contributed by atoms with Gasteiger partial charge in [-0.2, -0.15) is 0 Å². The van der Waals surface area contributed by atoms with Crippen molar-refractivity contribution in [2.75, 3.05) is 0 Å².